The number of aromatic nitrogens is 3. The third kappa shape index (κ3) is 4.81. The highest BCUT2D eigenvalue weighted by atomic mass is 16.5. The van der Waals surface area contributed by atoms with E-state index in [1.54, 1.807) is 30.1 Å². The Hall–Kier alpha value is -3.22. The average Bonchev–Trinajstić information content (AvgIpc) is 3.30. The van der Waals surface area contributed by atoms with Gasteiger partial charge in [0.1, 0.15) is 0 Å². The summed E-state index contributed by atoms with van der Waals surface area (Å²) in [5, 5.41) is 15.1. The number of nitrogens with zero attached hydrogens (tertiary/aromatic N) is 4. The van der Waals surface area contributed by atoms with Crippen LogP contribution >= 0.6 is 0 Å². The second-order valence-corrected chi connectivity index (χ2v) is 10.1. The number of rotatable bonds is 6. The van der Waals surface area contributed by atoms with E-state index < -0.39 is 17.4 Å². The Balaban J connectivity index is 1.69. The molecule has 2 aromatic rings. The minimum Gasteiger partial charge on any atom is -0.377 e. The summed E-state index contributed by atoms with van der Waals surface area (Å²) in [6.45, 7) is 7.56. The molecule has 0 unspecified atom stereocenters. The number of carbonyl (C=O) groups excluding carboxylic acids is 2. The molecule has 0 bridgehead atoms. The van der Waals surface area contributed by atoms with Crippen LogP contribution in [0.3, 0.4) is 0 Å². The van der Waals surface area contributed by atoms with E-state index in [1.165, 1.54) is 4.90 Å². The molecule has 0 spiro atoms. The number of unbranched alkanes of at least 4 members (excludes halogenated alkanes) is 1. The number of pyridine rings is 1. The Bertz CT molecular complexity index is 1210. The predicted molar refractivity (Wildman–Crippen MR) is 130 cm³/mol. The van der Waals surface area contributed by atoms with Crippen LogP contribution in [-0.2, 0) is 22.4 Å². The van der Waals surface area contributed by atoms with Gasteiger partial charge in [0.05, 0.1) is 11.8 Å². The molecular formula is C26H33N5O4. The van der Waals surface area contributed by atoms with Crippen LogP contribution in [0.5, 0.6) is 0 Å². The molecule has 1 aliphatic heterocycles. The van der Waals surface area contributed by atoms with Gasteiger partial charge in [0.25, 0.3) is 11.8 Å². The van der Waals surface area contributed by atoms with Gasteiger partial charge in [-0.15, -0.1) is 0 Å². The van der Waals surface area contributed by atoms with E-state index in [9.17, 15) is 14.7 Å². The van der Waals surface area contributed by atoms with E-state index in [4.69, 9.17) is 10.5 Å². The van der Waals surface area contributed by atoms with E-state index in [0.29, 0.717) is 37.4 Å². The van der Waals surface area contributed by atoms with Gasteiger partial charge in [-0.05, 0) is 30.4 Å². The third-order valence-corrected chi connectivity index (χ3v) is 6.91. The van der Waals surface area contributed by atoms with Crippen molar-refractivity contribution in [3.63, 3.8) is 0 Å². The lowest BCUT2D eigenvalue weighted by Gasteiger charge is -2.38. The van der Waals surface area contributed by atoms with Crippen molar-refractivity contribution in [1.29, 1.82) is 0 Å². The molecule has 3 heterocycles. The fourth-order valence-corrected chi connectivity index (χ4v) is 4.69. The molecule has 1 fully saturated rings. The standard InChI is InChI=1S/C26H33N5O4/c1-5-6-13-35-20-15-18-19(16-25(20,2)3)31(29-22(18)23(27)32)21-14-17(8-11-28-21)7-9-26(34)10-12-30(4)24(26)33/h8,11,14,20,34H,5-6,10,12-13,15-16H2,1-4H3,(H2,27,32)/t20-,26+/m1/s1. The fourth-order valence-electron chi connectivity index (χ4n) is 4.69. The quantitative estimate of drug-likeness (QED) is 0.479. The number of likely N-dealkylation sites (tertiary alicyclic amines) is 1. The van der Waals surface area contributed by atoms with Crippen LogP contribution in [0.4, 0.5) is 0 Å². The minimum atomic E-state index is -1.68. The lowest BCUT2D eigenvalue weighted by Crippen LogP contribution is -2.40. The van der Waals surface area contributed by atoms with Crippen LogP contribution in [0, 0.1) is 17.3 Å². The lowest BCUT2D eigenvalue weighted by molar-refractivity contribution is -0.137. The average molecular weight is 480 g/mol. The lowest BCUT2D eigenvalue weighted by atomic mass is 9.73. The topological polar surface area (TPSA) is 124 Å². The smallest absolute Gasteiger partial charge is 0.269 e. The van der Waals surface area contributed by atoms with Crippen molar-refractivity contribution >= 4 is 11.8 Å². The highest BCUT2D eigenvalue weighted by Crippen LogP contribution is 2.39. The van der Waals surface area contributed by atoms with Crippen LogP contribution in [0.1, 0.15) is 67.3 Å². The number of fused-ring (bicyclic) bond motifs is 1. The number of amides is 2. The number of carbonyl (C=O) groups is 2. The third-order valence-electron chi connectivity index (χ3n) is 6.91. The van der Waals surface area contributed by atoms with Gasteiger partial charge in [-0.3, -0.25) is 9.59 Å². The maximum Gasteiger partial charge on any atom is 0.269 e. The maximum atomic E-state index is 12.3. The van der Waals surface area contributed by atoms with Crippen molar-refractivity contribution in [2.24, 2.45) is 11.1 Å². The molecule has 186 valence electrons. The zero-order valence-electron chi connectivity index (χ0n) is 20.8. The Kier molecular flexibility index (Phi) is 6.71. The monoisotopic (exact) mass is 479 g/mol. The summed E-state index contributed by atoms with van der Waals surface area (Å²) in [4.78, 5) is 30.4. The molecule has 9 nitrogen and oxygen atoms in total. The normalized spacial score (nSPS) is 23.1. The van der Waals surface area contributed by atoms with Crippen molar-refractivity contribution in [3.8, 4) is 17.7 Å². The van der Waals surface area contributed by atoms with Gasteiger partial charge in [-0.25, -0.2) is 9.67 Å². The van der Waals surface area contributed by atoms with Crippen molar-refractivity contribution in [2.75, 3.05) is 20.2 Å². The Morgan fingerprint density at radius 1 is 1.40 bits per heavy atom. The fraction of sp³-hybridized carbons (Fsp3) is 0.538. The molecule has 1 saturated heterocycles. The van der Waals surface area contributed by atoms with Gasteiger partial charge in [-0.1, -0.05) is 39.0 Å². The molecule has 0 radical (unpaired) electrons. The number of nitrogens with two attached hydrogens (primary N) is 1. The Morgan fingerprint density at radius 2 is 2.17 bits per heavy atom. The molecule has 2 aromatic heterocycles. The first-order chi connectivity index (χ1) is 16.6. The zero-order chi connectivity index (χ0) is 25.4. The highest BCUT2D eigenvalue weighted by molar-refractivity contribution is 5.93. The molecule has 2 amide bonds. The van der Waals surface area contributed by atoms with E-state index in [-0.39, 0.29) is 23.6 Å². The van der Waals surface area contributed by atoms with Crippen LogP contribution in [0.15, 0.2) is 18.3 Å². The molecule has 35 heavy (non-hydrogen) atoms. The highest BCUT2D eigenvalue weighted by Gasteiger charge is 2.42. The van der Waals surface area contributed by atoms with Crippen molar-refractivity contribution < 1.29 is 19.4 Å². The van der Waals surface area contributed by atoms with E-state index in [1.807, 2.05) is 0 Å². The number of aliphatic hydroxyl groups is 1. The van der Waals surface area contributed by atoms with Gasteiger partial charge in [0, 0.05) is 50.4 Å². The van der Waals surface area contributed by atoms with E-state index >= 15 is 0 Å². The molecule has 1 aliphatic carbocycles. The SMILES string of the molecule is CCCCO[C@@H]1Cc2c(C(N)=O)nn(-c3cc(C#C[C@]4(O)CCN(C)C4=O)ccn3)c2CC1(C)C. The predicted octanol–water partition coefficient (Wildman–Crippen LogP) is 1.62. The molecule has 0 saturated carbocycles. The number of likely N-dealkylation sites (N-methyl/N-ethyl adjacent to an activating group) is 1. The molecule has 4 rings (SSSR count). The van der Waals surface area contributed by atoms with Crippen LogP contribution in [0.2, 0.25) is 0 Å². The molecule has 9 heteroatoms. The number of hydrogen-bond acceptors (Lipinski definition) is 6. The molecular weight excluding hydrogens is 446 g/mol. The molecule has 2 atom stereocenters. The van der Waals surface area contributed by atoms with Gasteiger partial charge >= 0.3 is 0 Å². The van der Waals surface area contributed by atoms with E-state index in [2.05, 4.69) is 42.7 Å². The molecule has 2 aliphatic rings. The first-order valence-corrected chi connectivity index (χ1v) is 12.1. The summed E-state index contributed by atoms with van der Waals surface area (Å²) in [5.74, 6) is 5.14. The zero-order valence-corrected chi connectivity index (χ0v) is 20.8. The van der Waals surface area contributed by atoms with Crippen molar-refractivity contribution in [2.45, 2.75) is 64.6 Å². The van der Waals surface area contributed by atoms with Gasteiger partial charge < -0.3 is 20.5 Å². The van der Waals surface area contributed by atoms with Gasteiger partial charge in [0.2, 0.25) is 5.60 Å². The van der Waals surface area contributed by atoms with Crippen molar-refractivity contribution in [3.05, 3.63) is 40.8 Å². The largest absolute Gasteiger partial charge is 0.377 e. The molecule has 0 aromatic carbocycles. The second-order valence-electron chi connectivity index (χ2n) is 10.1. The molecule has 3 N–H and O–H groups in total. The maximum absolute atomic E-state index is 12.3. The summed E-state index contributed by atoms with van der Waals surface area (Å²) in [6, 6.07) is 3.43. The summed E-state index contributed by atoms with van der Waals surface area (Å²) in [7, 11) is 1.64. The number of hydrogen-bond donors (Lipinski definition) is 2. The summed E-state index contributed by atoms with van der Waals surface area (Å²) in [6.07, 6.45) is 5.02. The van der Waals surface area contributed by atoms with Gasteiger partial charge in [-0.2, -0.15) is 5.10 Å². The van der Waals surface area contributed by atoms with Crippen LogP contribution in [-0.4, -0.2) is 68.5 Å². The first kappa shape index (κ1) is 24.9. The van der Waals surface area contributed by atoms with Gasteiger partial charge in [0.15, 0.2) is 11.5 Å². The second kappa shape index (κ2) is 9.44. The minimum absolute atomic E-state index is 0.0507. The Morgan fingerprint density at radius 3 is 2.83 bits per heavy atom. The summed E-state index contributed by atoms with van der Waals surface area (Å²) < 4.78 is 7.85. The summed E-state index contributed by atoms with van der Waals surface area (Å²) >= 11 is 0. The van der Waals surface area contributed by atoms with E-state index in [0.717, 1.165) is 24.1 Å². The number of primary amides is 1. The van der Waals surface area contributed by atoms with Crippen LogP contribution in [0.25, 0.3) is 5.82 Å². The van der Waals surface area contributed by atoms with Crippen molar-refractivity contribution in [1.82, 2.24) is 19.7 Å². The number of ether oxygens (including phenoxy) is 1. The first-order valence-electron chi connectivity index (χ1n) is 12.1. The summed E-state index contributed by atoms with van der Waals surface area (Å²) in [5.41, 5.74) is 6.31. The van der Waals surface area contributed by atoms with Crippen LogP contribution < -0.4 is 5.73 Å². The Labute approximate surface area is 205 Å².